The number of furan rings is 1. The minimum Gasteiger partial charge on any atom is -0.467 e. The topological polar surface area (TPSA) is 66.8 Å². The maximum Gasteiger partial charge on any atom is 0.189 e. The minimum absolute atomic E-state index is 0.285. The molecule has 108 valence electrons. The molecule has 0 aliphatic heterocycles. The van der Waals surface area contributed by atoms with E-state index in [4.69, 9.17) is 10.2 Å². The van der Waals surface area contributed by atoms with E-state index in [1.54, 1.807) is 17.6 Å². The number of nitrogens with two attached hydrogens (primary N) is 1. The molecule has 6 heteroatoms. The number of thiophene rings is 1. The Kier molecular flexibility index (Phi) is 5.20. The zero-order valence-electron chi connectivity index (χ0n) is 11.7. The highest BCUT2D eigenvalue weighted by molar-refractivity contribution is 7.10. The fraction of sp³-hybridized carbons (Fsp3) is 0.357. The van der Waals surface area contributed by atoms with Crippen LogP contribution in [0.5, 0.6) is 0 Å². The van der Waals surface area contributed by atoms with Gasteiger partial charge in [0, 0.05) is 11.4 Å². The van der Waals surface area contributed by atoms with E-state index in [-0.39, 0.29) is 6.04 Å². The Bertz CT molecular complexity index is 519. The molecule has 0 saturated carbocycles. The quantitative estimate of drug-likeness (QED) is 0.631. The first-order valence-corrected chi connectivity index (χ1v) is 7.31. The monoisotopic (exact) mass is 292 g/mol. The highest BCUT2D eigenvalue weighted by atomic mass is 32.1. The molecule has 0 spiro atoms. The first-order valence-electron chi connectivity index (χ1n) is 6.43. The fourth-order valence-electron chi connectivity index (χ4n) is 1.84. The molecule has 2 aromatic rings. The number of rotatable bonds is 6. The highest BCUT2D eigenvalue weighted by Gasteiger charge is 2.14. The van der Waals surface area contributed by atoms with Gasteiger partial charge < -0.3 is 20.4 Å². The van der Waals surface area contributed by atoms with Crippen molar-refractivity contribution in [3.05, 3.63) is 46.5 Å². The summed E-state index contributed by atoms with van der Waals surface area (Å²) < 4.78 is 5.21. The molecule has 2 rings (SSSR count). The molecule has 0 aliphatic carbocycles. The zero-order valence-corrected chi connectivity index (χ0v) is 12.6. The Morgan fingerprint density at radius 2 is 2.30 bits per heavy atom. The van der Waals surface area contributed by atoms with Gasteiger partial charge in [0.1, 0.15) is 12.3 Å². The van der Waals surface area contributed by atoms with E-state index in [0.29, 0.717) is 12.5 Å². The minimum atomic E-state index is 0.285. The molecule has 1 unspecified atom stereocenters. The van der Waals surface area contributed by atoms with Gasteiger partial charge in [0.05, 0.1) is 12.3 Å². The summed E-state index contributed by atoms with van der Waals surface area (Å²) in [6, 6.07) is 8.20. The summed E-state index contributed by atoms with van der Waals surface area (Å²) in [5.74, 6) is 1.24. The lowest BCUT2D eigenvalue weighted by molar-refractivity contribution is 0.303. The Labute approximate surface area is 123 Å². The Hall–Kier alpha value is -1.79. The average molecular weight is 292 g/mol. The Morgan fingerprint density at radius 1 is 1.45 bits per heavy atom. The third-order valence-electron chi connectivity index (χ3n) is 2.96. The van der Waals surface area contributed by atoms with Crippen molar-refractivity contribution < 1.29 is 4.42 Å². The van der Waals surface area contributed by atoms with Gasteiger partial charge >= 0.3 is 0 Å². The summed E-state index contributed by atoms with van der Waals surface area (Å²) in [4.78, 5) is 7.73. The van der Waals surface area contributed by atoms with Gasteiger partial charge in [0.25, 0.3) is 0 Å². The highest BCUT2D eigenvalue weighted by Crippen LogP contribution is 2.22. The zero-order chi connectivity index (χ0) is 14.4. The molecule has 5 nitrogen and oxygen atoms in total. The van der Waals surface area contributed by atoms with Crippen LogP contribution >= 0.6 is 11.3 Å². The van der Waals surface area contributed by atoms with Crippen molar-refractivity contribution in [2.45, 2.75) is 12.6 Å². The molecule has 0 aromatic carbocycles. The van der Waals surface area contributed by atoms with Crippen molar-refractivity contribution in [3.63, 3.8) is 0 Å². The van der Waals surface area contributed by atoms with Crippen LogP contribution in [-0.4, -0.2) is 31.5 Å². The first kappa shape index (κ1) is 14.6. The average Bonchev–Trinajstić information content (AvgIpc) is 3.09. The van der Waals surface area contributed by atoms with Gasteiger partial charge in [-0.25, -0.2) is 4.99 Å². The van der Waals surface area contributed by atoms with Crippen LogP contribution in [0, 0.1) is 0 Å². The van der Waals surface area contributed by atoms with Gasteiger partial charge in [-0.3, -0.25) is 0 Å². The molecule has 0 aliphatic rings. The smallest absolute Gasteiger partial charge is 0.189 e. The van der Waals surface area contributed by atoms with E-state index in [9.17, 15) is 0 Å². The predicted octanol–water partition coefficient (Wildman–Crippen LogP) is 2.05. The molecule has 0 radical (unpaired) electrons. The second-order valence-electron chi connectivity index (χ2n) is 4.66. The van der Waals surface area contributed by atoms with Gasteiger partial charge in [0.2, 0.25) is 0 Å². The fourth-order valence-corrected chi connectivity index (χ4v) is 2.76. The van der Waals surface area contributed by atoms with E-state index in [0.717, 1.165) is 12.3 Å². The Morgan fingerprint density at radius 3 is 2.90 bits per heavy atom. The number of nitrogens with zero attached hydrogens (tertiary/aromatic N) is 2. The third kappa shape index (κ3) is 4.11. The number of guanidine groups is 1. The van der Waals surface area contributed by atoms with Gasteiger partial charge in [-0.2, -0.15) is 0 Å². The van der Waals surface area contributed by atoms with Crippen LogP contribution in [-0.2, 0) is 6.54 Å². The van der Waals surface area contributed by atoms with Crippen molar-refractivity contribution in [1.82, 2.24) is 10.2 Å². The van der Waals surface area contributed by atoms with Crippen LogP contribution < -0.4 is 11.1 Å². The largest absolute Gasteiger partial charge is 0.467 e. The molecule has 0 amide bonds. The summed E-state index contributed by atoms with van der Waals surface area (Å²) in [6.07, 6.45) is 1.63. The van der Waals surface area contributed by atoms with E-state index >= 15 is 0 Å². The number of hydrogen-bond acceptors (Lipinski definition) is 4. The molecule has 0 bridgehead atoms. The van der Waals surface area contributed by atoms with E-state index < -0.39 is 0 Å². The predicted molar refractivity (Wildman–Crippen MR) is 82.8 cm³/mol. The standard InChI is InChI=1S/C14H20N4OS/c1-18(2)12(13-6-4-8-20-13)10-17-14(15)16-9-11-5-3-7-19-11/h3-8,12H,9-10H2,1-2H3,(H3,15,16,17). The molecule has 2 aromatic heterocycles. The van der Waals surface area contributed by atoms with Crippen molar-refractivity contribution in [2.24, 2.45) is 10.7 Å². The summed E-state index contributed by atoms with van der Waals surface area (Å²) in [7, 11) is 4.12. The van der Waals surface area contributed by atoms with Crippen molar-refractivity contribution in [1.29, 1.82) is 0 Å². The lowest BCUT2D eigenvalue weighted by Crippen LogP contribution is -2.38. The van der Waals surface area contributed by atoms with Crippen LogP contribution in [0.1, 0.15) is 16.7 Å². The van der Waals surface area contributed by atoms with Crippen molar-refractivity contribution in [3.8, 4) is 0 Å². The maximum absolute atomic E-state index is 5.87. The molecular formula is C14H20N4OS. The molecule has 20 heavy (non-hydrogen) atoms. The normalized spacial score (nSPS) is 13.7. The van der Waals surface area contributed by atoms with Crippen LogP contribution in [0.3, 0.4) is 0 Å². The van der Waals surface area contributed by atoms with E-state index in [1.807, 2.05) is 12.1 Å². The molecule has 2 heterocycles. The molecule has 3 N–H and O–H groups in total. The van der Waals surface area contributed by atoms with Gasteiger partial charge in [-0.15, -0.1) is 11.3 Å². The number of aliphatic imine (C=N–C) groups is 1. The number of likely N-dealkylation sites (N-methyl/N-ethyl adjacent to an activating group) is 1. The molecule has 0 saturated heterocycles. The second-order valence-corrected chi connectivity index (χ2v) is 5.64. The second kappa shape index (κ2) is 7.12. The van der Waals surface area contributed by atoms with Crippen LogP contribution in [0.2, 0.25) is 0 Å². The molecule has 0 fully saturated rings. The maximum atomic E-state index is 5.87. The molecular weight excluding hydrogens is 272 g/mol. The molecule has 1 atom stereocenters. The van der Waals surface area contributed by atoms with Crippen LogP contribution in [0.4, 0.5) is 0 Å². The summed E-state index contributed by atoms with van der Waals surface area (Å²) in [5.41, 5.74) is 5.87. The SMILES string of the molecule is CN(C)C(CNC(N)=NCc1ccco1)c1cccs1. The van der Waals surface area contributed by atoms with E-state index in [1.165, 1.54) is 4.88 Å². The number of nitrogens with one attached hydrogen (secondary N) is 1. The summed E-state index contributed by atoms with van der Waals surface area (Å²) in [6.45, 7) is 1.18. The van der Waals surface area contributed by atoms with Crippen LogP contribution in [0.25, 0.3) is 0 Å². The summed E-state index contributed by atoms with van der Waals surface area (Å²) in [5, 5.41) is 5.25. The van der Waals surface area contributed by atoms with Crippen molar-refractivity contribution in [2.75, 3.05) is 20.6 Å². The van der Waals surface area contributed by atoms with E-state index in [2.05, 4.69) is 46.8 Å². The van der Waals surface area contributed by atoms with Gasteiger partial charge in [0.15, 0.2) is 5.96 Å². The number of hydrogen-bond donors (Lipinski definition) is 2. The van der Waals surface area contributed by atoms with Gasteiger partial charge in [-0.1, -0.05) is 6.07 Å². The first-order chi connectivity index (χ1) is 9.66. The lowest BCUT2D eigenvalue weighted by Gasteiger charge is -2.23. The van der Waals surface area contributed by atoms with Gasteiger partial charge in [-0.05, 0) is 37.7 Å². The Balaban J connectivity index is 1.87. The lowest BCUT2D eigenvalue weighted by atomic mass is 10.2. The van der Waals surface area contributed by atoms with Crippen LogP contribution in [0.15, 0.2) is 45.3 Å². The van der Waals surface area contributed by atoms with Crippen molar-refractivity contribution >= 4 is 17.3 Å². The third-order valence-corrected chi connectivity index (χ3v) is 3.93. The summed E-state index contributed by atoms with van der Waals surface area (Å²) >= 11 is 1.75.